The molecule has 0 amide bonds. The average molecular weight is 501 g/mol. The van der Waals surface area contributed by atoms with Gasteiger partial charge in [-0.3, -0.25) is 10.1 Å². The Kier molecular flexibility index (Phi) is 16.1. The molecule has 1 unspecified atom stereocenters. The molecule has 1 rings (SSSR count). The SMILES string of the molecule is C=CC(=C)SC(=N)c1c(C)nc(NCCNSC)nc1NCCC(CC)CO.CC(C)(O)O. The van der Waals surface area contributed by atoms with Crippen molar-refractivity contribution >= 4 is 40.5 Å². The predicted octanol–water partition coefficient (Wildman–Crippen LogP) is 3.35. The van der Waals surface area contributed by atoms with Crippen LogP contribution in [0.15, 0.2) is 24.1 Å². The Morgan fingerprint density at radius 1 is 1.21 bits per heavy atom. The summed E-state index contributed by atoms with van der Waals surface area (Å²) in [5, 5.41) is 40.9. The molecule has 0 aliphatic heterocycles. The van der Waals surface area contributed by atoms with Gasteiger partial charge >= 0.3 is 0 Å². The van der Waals surface area contributed by atoms with Gasteiger partial charge in [0, 0.05) is 31.1 Å². The van der Waals surface area contributed by atoms with Gasteiger partial charge in [-0.25, -0.2) is 4.98 Å². The Hall–Kier alpha value is -1.63. The van der Waals surface area contributed by atoms with Crippen LogP contribution in [0, 0.1) is 18.3 Å². The second-order valence-corrected chi connectivity index (χ2v) is 9.48. The summed E-state index contributed by atoms with van der Waals surface area (Å²) in [5.74, 6) is -0.0975. The van der Waals surface area contributed by atoms with E-state index in [0.29, 0.717) is 40.4 Å². The standard InChI is InChI=1S/C19H32N6OS2.C3H8O2/c1-6-13(3)28-17(20)16-14(4)24-19(22-10-11-23-27-5)25-18(16)21-9-8-15(7-2)12-26;1-3(2,4)5/h6,15,20,23,26H,1,3,7-12H2,2,4-5H3,(H2,21,22,24,25);4-5H,1-2H3. The fraction of sp³-hybridized carbons (Fsp3) is 0.591. The Labute approximate surface area is 206 Å². The third-order valence-corrected chi connectivity index (χ3v) is 5.44. The summed E-state index contributed by atoms with van der Waals surface area (Å²) in [6, 6.07) is 0. The van der Waals surface area contributed by atoms with Crippen LogP contribution in [0.25, 0.3) is 0 Å². The van der Waals surface area contributed by atoms with Crippen molar-refractivity contribution in [2.75, 3.05) is 43.1 Å². The number of hydrogen-bond acceptors (Lipinski definition) is 11. The lowest BCUT2D eigenvalue weighted by atomic mass is 10.0. The largest absolute Gasteiger partial charge is 0.396 e. The topological polar surface area (TPSA) is 146 Å². The van der Waals surface area contributed by atoms with Crippen LogP contribution in [-0.2, 0) is 0 Å². The highest BCUT2D eigenvalue weighted by atomic mass is 32.2. The van der Waals surface area contributed by atoms with Crippen LogP contribution in [0.2, 0.25) is 0 Å². The van der Waals surface area contributed by atoms with Gasteiger partial charge in [0.25, 0.3) is 0 Å². The molecule has 0 bridgehead atoms. The summed E-state index contributed by atoms with van der Waals surface area (Å²) < 4.78 is 3.17. The molecule has 0 radical (unpaired) electrons. The zero-order valence-electron chi connectivity index (χ0n) is 20.4. The number of nitrogens with one attached hydrogen (secondary N) is 4. The molecular weight excluding hydrogens is 460 g/mol. The summed E-state index contributed by atoms with van der Waals surface area (Å²) in [5.41, 5.74) is 1.39. The van der Waals surface area contributed by atoms with E-state index >= 15 is 0 Å². The van der Waals surface area contributed by atoms with Gasteiger partial charge in [-0.1, -0.05) is 56.3 Å². The molecule has 7 N–H and O–H groups in total. The van der Waals surface area contributed by atoms with Gasteiger partial charge in [-0.2, -0.15) is 4.98 Å². The fourth-order valence-corrected chi connectivity index (χ4v) is 3.42. The minimum atomic E-state index is -1.50. The molecule has 1 aromatic rings. The Morgan fingerprint density at radius 3 is 2.36 bits per heavy atom. The molecule has 188 valence electrons. The summed E-state index contributed by atoms with van der Waals surface area (Å²) >= 11 is 2.80. The number of aryl methyl sites for hydroxylation is 1. The molecule has 0 saturated carbocycles. The van der Waals surface area contributed by atoms with E-state index in [1.807, 2.05) is 13.2 Å². The van der Waals surface area contributed by atoms with Crippen LogP contribution in [-0.4, -0.2) is 68.6 Å². The van der Waals surface area contributed by atoms with Gasteiger partial charge in [0.1, 0.15) is 10.9 Å². The second kappa shape index (κ2) is 16.9. The number of anilines is 2. The van der Waals surface area contributed by atoms with E-state index in [2.05, 4.69) is 45.4 Å². The lowest BCUT2D eigenvalue weighted by Gasteiger charge is -2.17. The van der Waals surface area contributed by atoms with E-state index in [1.165, 1.54) is 25.6 Å². The van der Waals surface area contributed by atoms with Gasteiger partial charge in [0.05, 0.1) is 11.3 Å². The number of nitrogens with zero attached hydrogens (tertiary/aromatic N) is 2. The predicted molar refractivity (Wildman–Crippen MR) is 143 cm³/mol. The van der Waals surface area contributed by atoms with Crippen LogP contribution in [0.5, 0.6) is 0 Å². The van der Waals surface area contributed by atoms with Crippen LogP contribution in [0.3, 0.4) is 0 Å². The molecule has 1 atom stereocenters. The van der Waals surface area contributed by atoms with Crippen LogP contribution >= 0.6 is 23.7 Å². The van der Waals surface area contributed by atoms with Crippen LogP contribution < -0.4 is 15.4 Å². The first-order chi connectivity index (χ1) is 15.5. The number of thioether (sulfide) groups is 1. The minimum Gasteiger partial charge on any atom is -0.396 e. The fourth-order valence-electron chi connectivity index (χ4n) is 2.42. The highest BCUT2D eigenvalue weighted by Crippen LogP contribution is 2.27. The monoisotopic (exact) mass is 500 g/mol. The van der Waals surface area contributed by atoms with Gasteiger partial charge in [0.15, 0.2) is 5.79 Å². The third kappa shape index (κ3) is 15.0. The van der Waals surface area contributed by atoms with Crippen molar-refractivity contribution in [3.63, 3.8) is 0 Å². The van der Waals surface area contributed by atoms with E-state index in [4.69, 9.17) is 15.6 Å². The maximum Gasteiger partial charge on any atom is 0.224 e. The quantitative estimate of drug-likeness (QED) is 0.0507. The molecule has 0 aromatic carbocycles. The van der Waals surface area contributed by atoms with E-state index in [-0.39, 0.29) is 12.5 Å². The molecule has 11 heteroatoms. The zero-order chi connectivity index (χ0) is 25.4. The molecule has 1 heterocycles. The number of aliphatic hydroxyl groups excluding tert-OH is 1. The Balaban J connectivity index is 0.00000184. The molecule has 0 spiro atoms. The number of aliphatic hydroxyl groups is 3. The van der Waals surface area contributed by atoms with Gasteiger partial charge in [-0.05, 0) is 39.4 Å². The lowest BCUT2D eigenvalue weighted by molar-refractivity contribution is -0.127. The first-order valence-corrected chi connectivity index (χ1v) is 12.8. The van der Waals surface area contributed by atoms with Crippen molar-refractivity contribution in [1.29, 1.82) is 5.41 Å². The van der Waals surface area contributed by atoms with Gasteiger partial charge < -0.3 is 26.0 Å². The average Bonchev–Trinajstić information content (AvgIpc) is 2.72. The second-order valence-electron chi connectivity index (χ2n) is 7.65. The first kappa shape index (κ1) is 31.4. The van der Waals surface area contributed by atoms with E-state index in [0.717, 1.165) is 25.1 Å². The van der Waals surface area contributed by atoms with Crippen molar-refractivity contribution in [1.82, 2.24) is 14.7 Å². The van der Waals surface area contributed by atoms with Crippen molar-refractivity contribution in [3.8, 4) is 0 Å². The Morgan fingerprint density at radius 2 is 1.85 bits per heavy atom. The number of allylic oxidation sites excluding steroid dienone is 1. The minimum absolute atomic E-state index is 0.175. The van der Waals surface area contributed by atoms with E-state index < -0.39 is 5.79 Å². The molecule has 0 aliphatic rings. The highest BCUT2D eigenvalue weighted by molar-refractivity contribution is 8.17. The number of aromatic nitrogens is 2. The molecular formula is C22H40N6O3S2. The molecule has 0 saturated heterocycles. The summed E-state index contributed by atoms with van der Waals surface area (Å²) in [7, 11) is 0. The van der Waals surface area contributed by atoms with Crippen molar-refractivity contribution in [2.24, 2.45) is 5.92 Å². The highest BCUT2D eigenvalue weighted by Gasteiger charge is 2.17. The normalized spacial score (nSPS) is 11.8. The summed E-state index contributed by atoms with van der Waals surface area (Å²) in [6.07, 6.45) is 5.36. The number of rotatable bonds is 14. The summed E-state index contributed by atoms with van der Waals surface area (Å²) in [4.78, 5) is 9.81. The third-order valence-electron chi connectivity index (χ3n) is 4.11. The van der Waals surface area contributed by atoms with E-state index in [9.17, 15) is 5.11 Å². The van der Waals surface area contributed by atoms with Gasteiger partial charge in [0.2, 0.25) is 5.95 Å². The molecule has 1 aromatic heterocycles. The van der Waals surface area contributed by atoms with Crippen LogP contribution in [0.1, 0.15) is 44.9 Å². The molecule has 0 aliphatic carbocycles. The maximum absolute atomic E-state index is 9.39. The van der Waals surface area contributed by atoms with Crippen molar-refractivity contribution in [2.45, 2.75) is 46.3 Å². The van der Waals surface area contributed by atoms with E-state index in [1.54, 1.807) is 18.0 Å². The van der Waals surface area contributed by atoms with Crippen molar-refractivity contribution < 1.29 is 15.3 Å². The van der Waals surface area contributed by atoms with Gasteiger partial charge in [-0.15, -0.1) is 0 Å². The smallest absolute Gasteiger partial charge is 0.224 e. The first-order valence-electron chi connectivity index (χ1n) is 10.7. The van der Waals surface area contributed by atoms with Crippen LogP contribution in [0.4, 0.5) is 11.8 Å². The molecule has 9 nitrogen and oxygen atoms in total. The maximum atomic E-state index is 9.39. The molecule has 33 heavy (non-hydrogen) atoms. The Bertz CT molecular complexity index is 746. The lowest BCUT2D eigenvalue weighted by Crippen LogP contribution is -2.20. The van der Waals surface area contributed by atoms with Crippen molar-refractivity contribution in [3.05, 3.63) is 35.4 Å². The number of hydrogen-bond donors (Lipinski definition) is 7. The zero-order valence-corrected chi connectivity index (χ0v) is 22.0. The summed E-state index contributed by atoms with van der Waals surface area (Å²) in [6.45, 7) is 16.4. The molecule has 0 fully saturated rings.